The molecular formula is C14H12F3N3. The van der Waals surface area contributed by atoms with Crippen LogP contribution in [0, 0.1) is 11.2 Å². The topological polar surface area (TPSA) is 62.8 Å². The molecule has 3 nitrogen and oxygen atoms in total. The minimum absolute atomic E-state index is 0.256. The molecule has 0 aliphatic heterocycles. The number of nitrogens with zero attached hydrogens (tertiary/aromatic N) is 1. The van der Waals surface area contributed by atoms with Gasteiger partial charge < -0.3 is 11.1 Å². The standard InChI is InChI=1S/C14H12F3N3/c1-14(16,17)10-4-8(2-3-11(10)15)9-5-12(19)13(6-18)20-7-9/h2-7,18H,19H2,1H3. The number of pyridine rings is 1. The van der Waals surface area contributed by atoms with Gasteiger partial charge in [-0.05, 0) is 23.8 Å². The SMILES string of the molecule is CC(F)(F)c1cc(-c2cnc(C=N)c(N)c2)ccc1F. The molecule has 0 radical (unpaired) electrons. The summed E-state index contributed by atoms with van der Waals surface area (Å²) in [6, 6.07) is 4.96. The maximum atomic E-state index is 13.4. The lowest BCUT2D eigenvalue weighted by Gasteiger charge is -2.13. The van der Waals surface area contributed by atoms with E-state index in [-0.39, 0.29) is 11.4 Å². The van der Waals surface area contributed by atoms with Crippen LogP contribution in [-0.2, 0) is 5.92 Å². The second-order valence-corrected chi connectivity index (χ2v) is 4.43. The fourth-order valence-corrected chi connectivity index (χ4v) is 1.81. The Morgan fingerprint density at radius 2 is 1.95 bits per heavy atom. The number of rotatable bonds is 3. The number of hydrogen-bond acceptors (Lipinski definition) is 3. The Balaban J connectivity index is 2.54. The highest BCUT2D eigenvalue weighted by Crippen LogP contribution is 2.33. The van der Waals surface area contributed by atoms with Crippen LogP contribution in [0.1, 0.15) is 18.2 Å². The summed E-state index contributed by atoms with van der Waals surface area (Å²) in [7, 11) is 0. The number of hydrogen-bond donors (Lipinski definition) is 2. The van der Waals surface area contributed by atoms with E-state index in [1.165, 1.54) is 18.3 Å². The maximum absolute atomic E-state index is 13.4. The van der Waals surface area contributed by atoms with Crippen LogP contribution >= 0.6 is 0 Å². The summed E-state index contributed by atoms with van der Waals surface area (Å²) >= 11 is 0. The molecule has 0 unspecified atom stereocenters. The number of alkyl halides is 2. The molecular weight excluding hydrogens is 267 g/mol. The van der Waals surface area contributed by atoms with Gasteiger partial charge in [-0.2, -0.15) is 0 Å². The molecule has 0 fully saturated rings. The molecule has 0 saturated heterocycles. The van der Waals surface area contributed by atoms with Crippen LogP contribution in [0.3, 0.4) is 0 Å². The van der Waals surface area contributed by atoms with E-state index in [2.05, 4.69) is 4.98 Å². The summed E-state index contributed by atoms with van der Waals surface area (Å²) in [5, 5.41) is 7.09. The maximum Gasteiger partial charge on any atom is 0.273 e. The zero-order valence-corrected chi connectivity index (χ0v) is 10.6. The molecule has 0 spiro atoms. The minimum atomic E-state index is -3.27. The summed E-state index contributed by atoms with van der Waals surface area (Å²) in [4.78, 5) is 3.94. The zero-order chi connectivity index (χ0) is 14.9. The second-order valence-electron chi connectivity index (χ2n) is 4.43. The predicted molar refractivity (Wildman–Crippen MR) is 71.5 cm³/mol. The normalized spacial score (nSPS) is 11.4. The second kappa shape index (κ2) is 4.96. The molecule has 1 aromatic carbocycles. The number of aromatic nitrogens is 1. The van der Waals surface area contributed by atoms with E-state index in [0.29, 0.717) is 18.1 Å². The van der Waals surface area contributed by atoms with Gasteiger partial charge in [0.05, 0.1) is 11.3 Å². The molecule has 2 rings (SSSR count). The quantitative estimate of drug-likeness (QED) is 0.843. The van der Waals surface area contributed by atoms with Crippen LogP contribution < -0.4 is 5.73 Å². The van der Waals surface area contributed by atoms with Crippen molar-refractivity contribution in [2.75, 3.05) is 5.73 Å². The average molecular weight is 279 g/mol. The highest BCUT2D eigenvalue weighted by molar-refractivity contribution is 5.84. The lowest BCUT2D eigenvalue weighted by atomic mass is 10.0. The molecule has 0 atom stereocenters. The molecule has 0 bridgehead atoms. The van der Waals surface area contributed by atoms with Crippen LogP contribution in [-0.4, -0.2) is 11.2 Å². The van der Waals surface area contributed by atoms with Crippen molar-refractivity contribution in [3.05, 3.63) is 47.5 Å². The van der Waals surface area contributed by atoms with E-state index in [0.717, 1.165) is 18.3 Å². The van der Waals surface area contributed by atoms with Crippen molar-refractivity contribution in [1.82, 2.24) is 4.98 Å². The van der Waals surface area contributed by atoms with Crippen LogP contribution in [0.15, 0.2) is 30.5 Å². The third-order valence-corrected chi connectivity index (χ3v) is 2.86. The summed E-state index contributed by atoms with van der Waals surface area (Å²) in [6.45, 7) is 0.639. The monoisotopic (exact) mass is 279 g/mol. The average Bonchev–Trinajstić information content (AvgIpc) is 2.37. The molecule has 2 aromatic rings. The number of benzene rings is 1. The first-order valence-corrected chi connectivity index (χ1v) is 5.77. The molecule has 0 aliphatic rings. The van der Waals surface area contributed by atoms with Gasteiger partial charge in [0.1, 0.15) is 11.5 Å². The van der Waals surface area contributed by atoms with Crippen molar-refractivity contribution in [3.63, 3.8) is 0 Å². The van der Waals surface area contributed by atoms with E-state index in [4.69, 9.17) is 11.1 Å². The van der Waals surface area contributed by atoms with E-state index >= 15 is 0 Å². The number of anilines is 1. The number of nitrogens with one attached hydrogen (secondary N) is 1. The molecule has 6 heteroatoms. The minimum Gasteiger partial charge on any atom is -0.397 e. The summed E-state index contributed by atoms with van der Waals surface area (Å²) in [5.41, 5.74) is 6.43. The summed E-state index contributed by atoms with van der Waals surface area (Å²) in [5.74, 6) is -4.23. The van der Waals surface area contributed by atoms with E-state index in [1.807, 2.05) is 0 Å². The van der Waals surface area contributed by atoms with Gasteiger partial charge in [-0.15, -0.1) is 0 Å². The number of nitrogen functional groups attached to an aromatic ring is 1. The van der Waals surface area contributed by atoms with Crippen LogP contribution in [0.5, 0.6) is 0 Å². The molecule has 0 saturated carbocycles. The van der Waals surface area contributed by atoms with E-state index < -0.39 is 17.3 Å². The Hall–Kier alpha value is -2.37. The lowest BCUT2D eigenvalue weighted by Crippen LogP contribution is -2.10. The fraction of sp³-hybridized carbons (Fsp3) is 0.143. The highest BCUT2D eigenvalue weighted by atomic mass is 19.3. The Morgan fingerprint density at radius 1 is 1.25 bits per heavy atom. The number of halogens is 3. The van der Waals surface area contributed by atoms with Gasteiger partial charge in [-0.3, -0.25) is 4.98 Å². The third kappa shape index (κ3) is 2.64. The van der Waals surface area contributed by atoms with Gasteiger partial charge in [-0.1, -0.05) is 6.07 Å². The van der Waals surface area contributed by atoms with Gasteiger partial charge in [0.25, 0.3) is 5.92 Å². The molecule has 0 amide bonds. The largest absolute Gasteiger partial charge is 0.397 e. The Morgan fingerprint density at radius 3 is 2.50 bits per heavy atom. The predicted octanol–water partition coefficient (Wildman–Crippen LogP) is 3.58. The highest BCUT2D eigenvalue weighted by Gasteiger charge is 2.28. The van der Waals surface area contributed by atoms with Crippen molar-refractivity contribution < 1.29 is 13.2 Å². The van der Waals surface area contributed by atoms with Crippen molar-refractivity contribution >= 4 is 11.9 Å². The van der Waals surface area contributed by atoms with E-state index in [9.17, 15) is 13.2 Å². The van der Waals surface area contributed by atoms with Gasteiger partial charge in [-0.25, -0.2) is 13.2 Å². The van der Waals surface area contributed by atoms with Gasteiger partial charge >= 0.3 is 0 Å². The molecule has 20 heavy (non-hydrogen) atoms. The van der Waals surface area contributed by atoms with E-state index in [1.54, 1.807) is 0 Å². The van der Waals surface area contributed by atoms with Crippen LogP contribution in [0.2, 0.25) is 0 Å². The fourth-order valence-electron chi connectivity index (χ4n) is 1.81. The Labute approximate surface area is 113 Å². The third-order valence-electron chi connectivity index (χ3n) is 2.86. The number of nitrogens with two attached hydrogens (primary N) is 1. The first-order chi connectivity index (χ1) is 9.32. The van der Waals surface area contributed by atoms with Crippen LogP contribution in [0.25, 0.3) is 11.1 Å². The van der Waals surface area contributed by atoms with Crippen LogP contribution in [0.4, 0.5) is 18.9 Å². The molecule has 104 valence electrons. The lowest BCUT2D eigenvalue weighted by molar-refractivity contribution is 0.0138. The summed E-state index contributed by atoms with van der Waals surface area (Å²) in [6.07, 6.45) is 2.40. The van der Waals surface area contributed by atoms with Gasteiger partial charge in [0.2, 0.25) is 0 Å². The molecule has 1 heterocycles. The van der Waals surface area contributed by atoms with Crippen molar-refractivity contribution in [3.8, 4) is 11.1 Å². The van der Waals surface area contributed by atoms with Gasteiger partial charge in [0, 0.05) is 24.9 Å². The molecule has 3 N–H and O–H groups in total. The molecule has 0 aliphatic carbocycles. The first-order valence-electron chi connectivity index (χ1n) is 5.77. The zero-order valence-electron chi connectivity index (χ0n) is 10.6. The molecule has 1 aromatic heterocycles. The van der Waals surface area contributed by atoms with Gasteiger partial charge in [0.15, 0.2) is 0 Å². The first kappa shape index (κ1) is 14.0. The smallest absolute Gasteiger partial charge is 0.273 e. The van der Waals surface area contributed by atoms with Crippen molar-refractivity contribution in [2.24, 2.45) is 0 Å². The Kier molecular flexibility index (Phi) is 3.48. The van der Waals surface area contributed by atoms with Crippen molar-refractivity contribution in [2.45, 2.75) is 12.8 Å². The Bertz CT molecular complexity index is 663. The summed E-state index contributed by atoms with van der Waals surface area (Å²) < 4.78 is 40.0. The van der Waals surface area contributed by atoms with Crippen molar-refractivity contribution in [1.29, 1.82) is 5.41 Å².